The molecular formula is C8H7BN2O4. The average molecular weight is 206 g/mol. The van der Waals surface area contributed by atoms with Crippen molar-refractivity contribution in [3.63, 3.8) is 0 Å². The van der Waals surface area contributed by atoms with Gasteiger partial charge < -0.3 is 19.7 Å². The molecule has 0 saturated heterocycles. The van der Waals surface area contributed by atoms with Crippen LogP contribution in [0, 0.1) is 0 Å². The number of hydrogen-bond donors (Lipinski definition) is 3. The van der Waals surface area contributed by atoms with E-state index >= 15 is 0 Å². The highest BCUT2D eigenvalue weighted by Crippen LogP contribution is 2.20. The van der Waals surface area contributed by atoms with Gasteiger partial charge in [0.1, 0.15) is 11.3 Å². The lowest BCUT2D eigenvalue weighted by atomic mass is 10.2. The van der Waals surface area contributed by atoms with Crippen LogP contribution < -0.4 is 10.2 Å². The Balaban J connectivity index is 2.66. The van der Waals surface area contributed by atoms with Gasteiger partial charge in [0.25, 0.3) is 5.56 Å². The molecule has 0 fully saturated rings. The van der Waals surface area contributed by atoms with Crippen LogP contribution in [-0.2, 0) is 0 Å². The van der Waals surface area contributed by atoms with E-state index in [1.165, 1.54) is 12.4 Å². The molecule has 0 amide bonds. The van der Waals surface area contributed by atoms with Crippen LogP contribution in [-0.4, -0.2) is 27.3 Å². The molecule has 0 aliphatic carbocycles. The predicted octanol–water partition coefficient (Wildman–Crippen LogP) is -0.729. The zero-order valence-electron chi connectivity index (χ0n) is 7.54. The summed E-state index contributed by atoms with van der Waals surface area (Å²) in [5, 5.41) is 17.6. The summed E-state index contributed by atoms with van der Waals surface area (Å²) < 4.78 is 4.68. The summed E-state index contributed by atoms with van der Waals surface area (Å²) in [6, 6.07) is 4.63. The van der Waals surface area contributed by atoms with Crippen molar-refractivity contribution in [3.8, 4) is 5.75 Å². The molecule has 3 N–H and O–H groups in total. The Morgan fingerprint density at radius 3 is 2.93 bits per heavy atom. The third-order valence-corrected chi connectivity index (χ3v) is 1.87. The molecule has 1 aromatic heterocycles. The van der Waals surface area contributed by atoms with Crippen LogP contribution in [0.5, 0.6) is 5.75 Å². The number of fused-ring (bicyclic) bond motifs is 1. The van der Waals surface area contributed by atoms with E-state index in [4.69, 9.17) is 10.0 Å². The van der Waals surface area contributed by atoms with Gasteiger partial charge >= 0.3 is 7.32 Å². The minimum absolute atomic E-state index is 0.147. The molecule has 1 aromatic carbocycles. The lowest BCUT2D eigenvalue weighted by Crippen LogP contribution is -2.21. The fourth-order valence-electron chi connectivity index (χ4n) is 1.28. The fraction of sp³-hybridized carbons (Fsp3) is 0. The molecule has 6 nitrogen and oxygen atoms in total. The third-order valence-electron chi connectivity index (χ3n) is 1.87. The number of nitrogens with zero attached hydrogens (tertiary/aromatic N) is 1. The van der Waals surface area contributed by atoms with Gasteiger partial charge in [-0.1, -0.05) is 6.07 Å². The average Bonchev–Trinajstić information content (AvgIpc) is 2.19. The second-order valence-corrected chi connectivity index (χ2v) is 2.83. The van der Waals surface area contributed by atoms with Gasteiger partial charge in [0.05, 0.1) is 11.7 Å². The first kappa shape index (κ1) is 9.69. The molecule has 1 heterocycles. The maximum absolute atomic E-state index is 11.3. The molecule has 0 radical (unpaired) electrons. The van der Waals surface area contributed by atoms with Crippen molar-refractivity contribution in [1.82, 2.24) is 9.97 Å². The number of rotatable bonds is 2. The summed E-state index contributed by atoms with van der Waals surface area (Å²) in [5.74, 6) is 0.147. The van der Waals surface area contributed by atoms with Crippen LogP contribution in [0.4, 0.5) is 0 Å². The van der Waals surface area contributed by atoms with E-state index in [2.05, 4.69) is 14.6 Å². The quantitative estimate of drug-likeness (QED) is 0.563. The second-order valence-electron chi connectivity index (χ2n) is 2.83. The van der Waals surface area contributed by atoms with Crippen LogP contribution in [0.3, 0.4) is 0 Å². The highest BCUT2D eigenvalue weighted by molar-refractivity contribution is 6.34. The lowest BCUT2D eigenvalue weighted by Gasteiger charge is -2.06. The van der Waals surface area contributed by atoms with Gasteiger partial charge in [0, 0.05) is 0 Å². The molecule has 76 valence electrons. The van der Waals surface area contributed by atoms with Crippen molar-refractivity contribution < 1.29 is 14.7 Å². The molecule has 2 rings (SSSR count). The van der Waals surface area contributed by atoms with Crippen molar-refractivity contribution in [1.29, 1.82) is 0 Å². The van der Waals surface area contributed by atoms with Crippen LogP contribution in [0.15, 0.2) is 29.3 Å². The number of aromatic nitrogens is 2. The zero-order valence-corrected chi connectivity index (χ0v) is 7.54. The highest BCUT2D eigenvalue weighted by atomic mass is 16.6. The van der Waals surface area contributed by atoms with E-state index in [1.807, 2.05) is 0 Å². The molecule has 0 atom stereocenters. The molecule has 0 bridgehead atoms. The van der Waals surface area contributed by atoms with Crippen LogP contribution in [0.1, 0.15) is 0 Å². The number of para-hydroxylation sites is 1. The zero-order chi connectivity index (χ0) is 10.8. The van der Waals surface area contributed by atoms with Crippen LogP contribution >= 0.6 is 0 Å². The maximum Gasteiger partial charge on any atom is 0.707 e. The Kier molecular flexibility index (Phi) is 2.40. The summed E-state index contributed by atoms with van der Waals surface area (Å²) >= 11 is 0. The van der Waals surface area contributed by atoms with Gasteiger partial charge in [-0.25, -0.2) is 4.98 Å². The van der Waals surface area contributed by atoms with Crippen molar-refractivity contribution >= 4 is 18.2 Å². The van der Waals surface area contributed by atoms with E-state index < -0.39 is 7.32 Å². The van der Waals surface area contributed by atoms with Gasteiger partial charge in [-0.3, -0.25) is 4.79 Å². The number of nitrogens with one attached hydrogen (secondary N) is 1. The topological polar surface area (TPSA) is 95.4 Å². The smallest absolute Gasteiger partial charge is 0.510 e. The summed E-state index contributed by atoms with van der Waals surface area (Å²) in [5.41, 5.74) is -0.0211. The van der Waals surface area contributed by atoms with Gasteiger partial charge in [-0.2, -0.15) is 0 Å². The first-order valence-corrected chi connectivity index (χ1v) is 4.17. The van der Waals surface area contributed by atoms with Crippen molar-refractivity contribution in [2.75, 3.05) is 0 Å². The molecule has 0 aliphatic rings. The number of aromatic amines is 1. The minimum Gasteiger partial charge on any atom is -0.510 e. The number of H-pyrrole nitrogens is 1. The van der Waals surface area contributed by atoms with Gasteiger partial charge in [0.2, 0.25) is 0 Å². The monoisotopic (exact) mass is 206 g/mol. The molecule has 0 saturated carbocycles. The molecule has 0 unspecified atom stereocenters. The lowest BCUT2D eigenvalue weighted by molar-refractivity contribution is 0.289. The predicted molar refractivity (Wildman–Crippen MR) is 53.2 cm³/mol. The van der Waals surface area contributed by atoms with Gasteiger partial charge in [-0.15, -0.1) is 0 Å². The maximum atomic E-state index is 11.3. The molecule has 15 heavy (non-hydrogen) atoms. The standard InChI is InChI=1S/C8H7BN2O4/c12-8-5-2-1-3-6(15-9(13)14)7(5)10-4-11-8/h1-4,13-14H,(H,10,11,12). The van der Waals surface area contributed by atoms with Gasteiger partial charge in [-0.05, 0) is 12.1 Å². The summed E-state index contributed by atoms with van der Waals surface area (Å²) in [6.07, 6.45) is 1.22. The first-order valence-electron chi connectivity index (χ1n) is 4.17. The van der Waals surface area contributed by atoms with Crippen LogP contribution in [0.25, 0.3) is 10.9 Å². The van der Waals surface area contributed by atoms with E-state index in [0.717, 1.165) is 0 Å². The number of hydrogen-bond acceptors (Lipinski definition) is 5. The third kappa shape index (κ3) is 1.83. The minimum atomic E-state index is -1.93. The Labute approximate surface area is 84.3 Å². The molecule has 2 aromatic rings. The summed E-state index contributed by atoms with van der Waals surface area (Å²) in [6.45, 7) is 0. The van der Waals surface area contributed by atoms with E-state index in [0.29, 0.717) is 5.39 Å². The Bertz CT molecular complexity index is 539. The van der Waals surface area contributed by atoms with Crippen molar-refractivity contribution in [2.45, 2.75) is 0 Å². The Hall–Kier alpha value is -1.86. The van der Waals surface area contributed by atoms with E-state index in [1.54, 1.807) is 12.1 Å². The summed E-state index contributed by atoms with van der Waals surface area (Å²) in [4.78, 5) is 17.6. The Morgan fingerprint density at radius 2 is 2.20 bits per heavy atom. The summed E-state index contributed by atoms with van der Waals surface area (Å²) in [7, 11) is -1.93. The molecule has 7 heteroatoms. The SMILES string of the molecule is O=c1[nH]cnc2c(OB(O)O)cccc12. The normalized spacial score (nSPS) is 10.3. The molecular weight excluding hydrogens is 199 g/mol. The molecule has 0 aliphatic heterocycles. The van der Waals surface area contributed by atoms with E-state index in [9.17, 15) is 4.79 Å². The second kappa shape index (κ2) is 3.72. The van der Waals surface area contributed by atoms with Crippen molar-refractivity contribution in [2.24, 2.45) is 0 Å². The van der Waals surface area contributed by atoms with Crippen molar-refractivity contribution in [3.05, 3.63) is 34.9 Å². The Morgan fingerprint density at radius 1 is 1.40 bits per heavy atom. The number of benzene rings is 1. The largest absolute Gasteiger partial charge is 0.707 e. The highest BCUT2D eigenvalue weighted by Gasteiger charge is 2.14. The van der Waals surface area contributed by atoms with Gasteiger partial charge in [0.15, 0.2) is 0 Å². The van der Waals surface area contributed by atoms with E-state index in [-0.39, 0.29) is 16.8 Å². The fourth-order valence-corrected chi connectivity index (χ4v) is 1.28. The first-order chi connectivity index (χ1) is 7.18. The van der Waals surface area contributed by atoms with Crippen LogP contribution in [0.2, 0.25) is 0 Å². The molecule has 0 spiro atoms.